The molecule has 2 atom stereocenters. The highest BCUT2D eigenvalue weighted by Crippen LogP contribution is 2.27. The number of carbonyl (C=O) groups is 3. The third-order valence-corrected chi connectivity index (χ3v) is 4.35. The van der Waals surface area contributed by atoms with Gasteiger partial charge in [0.05, 0.1) is 5.92 Å². The Labute approximate surface area is 159 Å². The first-order valence-electron chi connectivity index (χ1n) is 9.04. The molecule has 8 nitrogen and oxygen atoms in total. The highest BCUT2D eigenvalue weighted by Gasteiger charge is 2.37. The third kappa shape index (κ3) is 5.87. The van der Waals surface area contributed by atoms with Crippen LogP contribution in [0.2, 0.25) is 0 Å². The first kappa shape index (κ1) is 20.5. The van der Waals surface area contributed by atoms with Crippen LogP contribution in [-0.4, -0.2) is 41.1 Å². The topological polar surface area (TPSA) is 114 Å². The second-order valence-corrected chi connectivity index (χ2v) is 7.72. The van der Waals surface area contributed by atoms with Crippen molar-refractivity contribution in [3.8, 4) is 0 Å². The summed E-state index contributed by atoms with van der Waals surface area (Å²) in [5.41, 5.74) is 5.57. The summed E-state index contributed by atoms with van der Waals surface area (Å²) in [6.07, 6.45) is 1.01. The fraction of sp³-hybridized carbons (Fsp3) is 0.526. The number of amides is 4. The van der Waals surface area contributed by atoms with Crippen LogP contribution in [0.15, 0.2) is 24.3 Å². The van der Waals surface area contributed by atoms with E-state index in [1.807, 2.05) is 27.7 Å². The molecule has 1 aliphatic rings. The summed E-state index contributed by atoms with van der Waals surface area (Å²) in [6, 6.07) is 5.78. The highest BCUT2D eigenvalue weighted by atomic mass is 16.6. The molecule has 4 N–H and O–H groups in total. The highest BCUT2D eigenvalue weighted by molar-refractivity contribution is 5.95. The van der Waals surface area contributed by atoms with Gasteiger partial charge in [0.25, 0.3) is 0 Å². The van der Waals surface area contributed by atoms with Crippen molar-refractivity contribution < 1.29 is 19.1 Å². The molecule has 1 heterocycles. The second kappa shape index (κ2) is 8.28. The van der Waals surface area contributed by atoms with Gasteiger partial charge in [-0.25, -0.2) is 9.59 Å². The van der Waals surface area contributed by atoms with E-state index in [1.54, 1.807) is 29.2 Å². The molecule has 0 aromatic heterocycles. The lowest BCUT2D eigenvalue weighted by Crippen LogP contribution is -2.51. The van der Waals surface area contributed by atoms with Crippen molar-refractivity contribution in [1.29, 1.82) is 0 Å². The summed E-state index contributed by atoms with van der Waals surface area (Å²) in [5.74, 6) is -0.522. The van der Waals surface area contributed by atoms with E-state index in [1.165, 1.54) is 0 Å². The van der Waals surface area contributed by atoms with Gasteiger partial charge in [-0.1, -0.05) is 6.07 Å². The van der Waals surface area contributed by atoms with Crippen LogP contribution in [0.1, 0.15) is 40.5 Å². The number of benzene rings is 1. The van der Waals surface area contributed by atoms with Crippen molar-refractivity contribution in [3.63, 3.8) is 0 Å². The average molecular weight is 376 g/mol. The van der Waals surface area contributed by atoms with Gasteiger partial charge in [0.15, 0.2) is 0 Å². The molecule has 2 rings (SSSR count). The van der Waals surface area contributed by atoms with Crippen molar-refractivity contribution in [3.05, 3.63) is 24.3 Å². The van der Waals surface area contributed by atoms with Crippen molar-refractivity contribution in [2.24, 2.45) is 11.7 Å². The van der Waals surface area contributed by atoms with Gasteiger partial charge in [-0.15, -0.1) is 0 Å². The van der Waals surface area contributed by atoms with Crippen LogP contribution in [0.3, 0.4) is 0 Å². The standard InChI is InChI=1S/C19H28N4O4/c1-12-15(9-6-10-23(12)18(26)27-19(2,3)4)16(24)21-13-7-5-8-14(11-13)22-17(20)25/h5,7-8,11-12,15H,6,9-10H2,1-4H3,(H,21,24)(H3,20,22,25)/t12-,15-/m1/s1. The largest absolute Gasteiger partial charge is 0.444 e. The molecular formula is C19H28N4O4. The zero-order valence-corrected chi connectivity index (χ0v) is 16.2. The molecule has 0 saturated carbocycles. The molecule has 148 valence electrons. The Morgan fingerprint density at radius 3 is 2.41 bits per heavy atom. The first-order chi connectivity index (χ1) is 12.6. The van der Waals surface area contributed by atoms with Gasteiger partial charge in [0.2, 0.25) is 5.91 Å². The number of rotatable bonds is 3. The van der Waals surface area contributed by atoms with Crippen LogP contribution < -0.4 is 16.4 Å². The Kier molecular flexibility index (Phi) is 6.30. The molecule has 0 unspecified atom stereocenters. The Morgan fingerprint density at radius 2 is 1.81 bits per heavy atom. The van der Waals surface area contributed by atoms with E-state index in [2.05, 4.69) is 10.6 Å². The number of urea groups is 1. The second-order valence-electron chi connectivity index (χ2n) is 7.72. The molecule has 1 aliphatic heterocycles. The molecule has 4 amide bonds. The summed E-state index contributed by atoms with van der Waals surface area (Å²) in [5, 5.41) is 5.32. The van der Waals surface area contributed by atoms with Crippen molar-refractivity contribution in [1.82, 2.24) is 4.90 Å². The van der Waals surface area contributed by atoms with Crippen LogP contribution in [0, 0.1) is 5.92 Å². The maximum absolute atomic E-state index is 12.8. The SMILES string of the molecule is C[C@@H]1[C@H](C(=O)Nc2cccc(NC(N)=O)c2)CCCN1C(=O)OC(C)(C)C. The number of likely N-dealkylation sites (tertiary alicyclic amines) is 1. The van der Waals surface area contributed by atoms with Gasteiger partial charge in [0, 0.05) is 24.0 Å². The summed E-state index contributed by atoms with van der Waals surface area (Å²) >= 11 is 0. The summed E-state index contributed by atoms with van der Waals surface area (Å²) in [6.45, 7) is 7.88. The number of piperidine rings is 1. The van der Waals surface area contributed by atoms with Crippen LogP contribution in [-0.2, 0) is 9.53 Å². The maximum atomic E-state index is 12.8. The normalized spacial score (nSPS) is 19.9. The fourth-order valence-corrected chi connectivity index (χ4v) is 3.12. The molecule has 0 radical (unpaired) electrons. The Morgan fingerprint density at radius 1 is 1.19 bits per heavy atom. The Bertz CT molecular complexity index is 714. The van der Waals surface area contributed by atoms with Crippen LogP contribution >= 0.6 is 0 Å². The van der Waals surface area contributed by atoms with Gasteiger partial charge >= 0.3 is 12.1 Å². The van der Waals surface area contributed by atoms with Gasteiger partial charge in [-0.2, -0.15) is 0 Å². The van der Waals surface area contributed by atoms with E-state index in [4.69, 9.17) is 10.5 Å². The number of hydrogen-bond acceptors (Lipinski definition) is 4. The zero-order valence-electron chi connectivity index (χ0n) is 16.2. The smallest absolute Gasteiger partial charge is 0.410 e. The number of primary amides is 1. The summed E-state index contributed by atoms with van der Waals surface area (Å²) in [4.78, 5) is 37.8. The van der Waals surface area contributed by atoms with E-state index in [-0.39, 0.29) is 17.9 Å². The van der Waals surface area contributed by atoms with Crippen molar-refractivity contribution in [2.75, 3.05) is 17.2 Å². The van der Waals surface area contributed by atoms with Gasteiger partial charge < -0.3 is 26.0 Å². The minimum absolute atomic E-state index is 0.174. The number of carbonyl (C=O) groups excluding carboxylic acids is 3. The quantitative estimate of drug-likeness (QED) is 0.752. The lowest BCUT2D eigenvalue weighted by atomic mass is 9.89. The minimum Gasteiger partial charge on any atom is -0.444 e. The molecular weight excluding hydrogens is 348 g/mol. The van der Waals surface area contributed by atoms with E-state index in [0.29, 0.717) is 24.3 Å². The average Bonchev–Trinajstić information content (AvgIpc) is 2.52. The van der Waals surface area contributed by atoms with Crippen LogP contribution in [0.4, 0.5) is 21.0 Å². The fourth-order valence-electron chi connectivity index (χ4n) is 3.12. The van der Waals surface area contributed by atoms with E-state index in [0.717, 1.165) is 6.42 Å². The van der Waals surface area contributed by atoms with E-state index >= 15 is 0 Å². The van der Waals surface area contributed by atoms with E-state index in [9.17, 15) is 14.4 Å². The lowest BCUT2D eigenvalue weighted by Gasteiger charge is -2.39. The number of hydrogen-bond donors (Lipinski definition) is 3. The first-order valence-corrected chi connectivity index (χ1v) is 9.04. The predicted molar refractivity (Wildman–Crippen MR) is 103 cm³/mol. The van der Waals surface area contributed by atoms with Crippen molar-refractivity contribution >= 4 is 29.4 Å². The molecule has 0 aliphatic carbocycles. The molecule has 27 heavy (non-hydrogen) atoms. The monoisotopic (exact) mass is 376 g/mol. The number of ether oxygens (including phenoxy) is 1. The van der Waals surface area contributed by atoms with Crippen molar-refractivity contribution in [2.45, 2.75) is 52.2 Å². The molecule has 1 aromatic carbocycles. The van der Waals surface area contributed by atoms with Gasteiger partial charge in [-0.05, 0) is 58.7 Å². The molecule has 1 aromatic rings. The molecule has 1 saturated heterocycles. The predicted octanol–water partition coefficient (Wildman–Crippen LogP) is 3.15. The number of nitrogens with one attached hydrogen (secondary N) is 2. The molecule has 0 spiro atoms. The Balaban J connectivity index is 2.05. The molecule has 8 heteroatoms. The molecule has 1 fully saturated rings. The minimum atomic E-state index is -0.674. The number of anilines is 2. The van der Waals surface area contributed by atoms with Gasteiger partial charge in [0.1, 0.15) is 5.60 Å². The summed E-state index contributed by atoms with van der Waals surface area (Å²) in [7, 11) is 0. The Hall–Kier alpha value is -2.77. The zero-order chi connectivity index (χ0) is 20.2. The third-order valence-electron chi connectivity index (χ3n) is 4.35. The van der Waals surface area contributed by atoms with E-state index < -0.39 is 17.7 Å². The lowest BCUT2D eigenvalue weighted by molar-refractivity contribution is -0.123. The maximum Gasteiger partial charge on any atom is 0.410 e. The molecule has 0 bridgehead atoms. The number of nitrogens with two attached hydrogens (primary N) is 1. The summed E-state index contributed by atoms with van der Waals surface area (Å²) < 4.78 is 5.45. The van der Waals surface area contributed by atoms with Gasteiger partial charge in [-0.3, -0.25) is 4.79 Å². The number of nitrogens with zero attached hydrogens (tertiary/aromatic N) is 1. The van der Waals surface area contributed by atoms with Crippen LogP contribution in [0.25, 0.3) is 0 Å². The van der Waals surface area contributed by atoms with Crippen LogP contribution in [0.5, 0.6) is 0 Å².